The van der Waals surface area contributed by atoms with Crippen LogP contribution in [0.1, 0.15) is 37.2 Å². The lowest BCUT2D eigenvalue weighted by Crippen LogP contribution is -2.38. The minimum atomic E-state index is -0.582. The molecule has 30 heavy (non-hydrogen) atoms. The van der Waals surface area contributed by atoms with Crippen LogP contribution in [-0.4, -0.2) is 32.8 Å². The molecule has 1 aliphatic rings. The molecule has 3 amide bonds. The van der Waals surface area contributed by atoms with Crippen molar-refractivity contribution >= 4 is 46.1 Å². The summed E-state index contributed by atoms with van der Waals surface area (Å²) in [5.41, 5.74) is 2.55. The quantitative estimate of drug-likeness (QED) is 0.352. The number of urea groups is 1. The molecule has 2 aromatic carbocycles. The van der Waals surface area contributed by atoms with Gasteiger partial charge in [-0.25, -0.2) is 9.78 Å². The molecule has 0 spiro atoms. The lowest BCUT2D eigenvalue weighted by Gasteiger charge is -2.29. The first-order valence-corrected chi connectivity index (χ1v) is 11.0. The van der Waals surface area contributed by atoms with Gasteiger partial charge in [-0.15, -0.1) is 0 Å². The van der Waals surface area contributed by atoms with Crippen LogP contribution in [-0.2, 0) is 4.79 Å². The molecular formula is C22H20ClIN4O2. The summed E-state index contributed by atoms with van der Waals surface area (Å²) in [5, 5.41) is 3.31. The van der Waals surface area contributed by atoms with Crippen LogP contribution < -0.4 is 5.32 Å². The fourth-order valence-electron chi connectivity index (χ4n) is 3.74. The smallest absolute Gasteiger partial charge is 0.325 e. The average Bonchev–Trinajstić information content (AvgIpc) is 3.29. The molecule has 1 aliphatic heterocycles. The maximum atomic E-state index is 12.8. The number of carbonyl (C=O) groups excluding carboxylic acids is 2. The number of aromatic amines is 1. The Morgan fingerprint density at radius 2 is 1.90 bits per heavy atom. The second-order valence-electron chi connectivity index (χ2n) is 7.33. The second-order valence-corrected chi connectivity index (χ2v) is 8.98. The molecule has 0 saturated carbocycles. The van der Waals surface area contributed by atoms with Crippen molar-refractivity contribution in [1.29, 1.82) is 0 Å². The third kappa shape index (κ3) is 3.83. The second kappa shape index (κ2) is 8.39. The van der Waals surface area contributed by atoms with Gasteiger partial charge in [-0.2, -0.15) is 0 Å². The Bertz CT molecular complexity index is 1100. The molecule has 3 aromatic rings. The van der Waals surface area contributed by atoms with Gasteiger partial charge in [-0.05, 0) is 47.2 Å². The van der Waals surface area contributed by atoms with Crippen LogP contribution in [0.5, 0.6) is 0 Å². The molecule has 1 aromatic heterocycles. The third-order valence-corrected chi connectivity index (χ3v) is 6.32. The molecule has 0 aliphatic carbocycles. The van der Waals surface area contributed by atoms with E-state index in [1.807, 2.05) is 55.5 Å². The van der Waals surface area contributed by atoms with Crippen molar-refractivity contribution in [1.82, 2.24) is 20.2 Å². The Labute approximate surface area is 193 Å². The van der Waals surface area contributed by atoms with E-state index in [2.05, 4.69) is 37.9 Å². The Morgan fingerprint density at radius 1 is 1.17 bits per heavy atom. The standard InChI is InChI=1S/C22H20ClIN4O2/c1-12(14-6-4-3-5-7-14)19(28-21(29)13(2)26-22(28)30)20-25-11-18(27-20)16-9-8-15(24)10-17(16)23/h3-13,19H,1-2H3,(H,25,27)(H,26,30)/t12-,13+,19-/m0/s1. The number of hydrogen-bond acceptors (Lipinski definition) is 3. The van der Waals surface area contributed by atoms with Gasteiger partial charge in [0.25, 0.3) is 5.91 Å². The molecule has 3 atom stereocenters. The molecule has 1 fully saturated rings. The SMILES string of the molecule is C[C@H]1NC(=O)N([C@H](c2ncc(-c3ccc(I)cc3Cl)[nH]2)[C@@H](C)c2ccccc2)C1=O. The number of rotatable bonds is 5. The highest BCUT2D eigenvalue weighted by atomic mass is 127. The maximum absolute atomic E-state index is 12.8. The number of halogens is 2. The summed E-state index contributed by atoms with van der Waals surface area (Å²) in [6.45, 7) is 3.67. The lowest BCUT2D eigenvalue weighted by atomic mass is 9.91. The molecule has 0 unspecified atom stereocenters. The number of nitrogens with zero attached hydrogens (tertiary/aromatic N) is 2. The van der Waals surface area contributed by atoms with Gasteiger partial charge in [0, 0.05) is 15.1 Å². The Kier molecular flexibility index (Phi) is 5.84. The number of H-pyrrole nitrogens is 1. The van der Waals surface area contributed by atoms with E-state index in [-0.39, 0.29) is 11.8 Å². The summed E-state index contributed by atoms with van der Waals surface area (Å²) < 4.78 is 1.03. The van der Waals surface area contributed by atoms with E-state index in [9.17, 15) is 9.59 Å². The molecule has 8 heteroatoms. The van der Waals surface area contributed by atoms with Crippen molar-refractivity contribution in [3.8, 4) is 11.3 Å². The Hall–Kier alpha value is -2.39. The summed E-state index contributed by atoms with van der Waals surface area (Å²) in [7, 11) is 0. The fourth-order valence-corrected chi connectivity index (χ4v) is 4.70. The zero-order valence-electron chi connectivity index (χ0n) is 16.4. The molecule has 0 radical (unpaired) electrons. The van der Waals surface area contributed by atoms with E-state index in [1.54, 1.807) is 13.1 Å². The summed E-state index contributed by atoms with van der Waals surface area (Å²) in [6.07, 6.45) is 1.69. The van der Waals surface area contributed by atoms with E-state index in [0.717, 1.165) is 20.4 Å². The highest BCUT2D eigenvalue weighted by Crippen LogP contribution is 2.37. The summed E-state index contributed by atoms with van der Waals surface area (Å²) in [6, 6.07) is 14.0. The zero-order chi connectivity index (χ0) is 21.4. The van der Waals surface area contributed by atoms with Crippen molar-refractivity contribution in [3.05, 3.63) is 74.7 Å². The van der Waals surface area contributed by atoms with E-state index >= 15 is 0 Å². The van der Waals surface area contributed by atoms with Gasteiger partial charge in [0.1, 0.15) is 17.9 Å². The molecule has 6 nitrogen and oxygen atoms in total. The molecule has 4 rings (SSSR count). The monoisotopic (exact) mass is 534 g/mol. The zero-order valence-corrected chi connectivity index (χ0v) is 19.3. The van der Waals surface area contributed by atoms with Crippen molar-refractivity contribution in [3.63, 3.8) is 0 Å². The number of imidazole rings is 1. The summed E-state index contributed by atoms with van der Waals surface area (Å²) >= 11 is 8.63. The van der Waals surface area contributed by atoms with Crippen molar-refractivity contribution in [2.45, 2.75) is 31.8 Å². The van der Waals surface area contributed by atoms with E-state index in [0.29, 0.717) is 10.8 Å². The van der Waals surface area contributed by atoms with Crippen molar-refractivity contribution < 1.29 is 9.59 Å². The number of hydrogen-bond donors (Lipinski definition) is 2. The number of benzene rings is 2. The molecular weight excluding hydrogens is 515 g/mol. The van der Waals surface area contributed by atoms with Gasteiger partial charge in [-0.1, -0.05) is 54.9 Å². The lowest BCUT2D eigenvalue weighted by molar-refractivity contribution is -0.129. The molecule has 1 saturated heterocycles. The van der Waals surface area contributed by atoms with Crippen LogP contribution in [0.25, 0.3) is 11.3 Å². The van der Waals surface area contributed by atoms with Gasteiger partial charge in [0.2, 0.25) is 0 Å². The predicted molar refractivity (Wildman–Crippen MR) is 124 cm³/mol. The normalized spacial score (nSPS) is 18.4. The van der Waals surface area contributed by atoms with Crippen molar-refractivity contribution in [2.75, 3.05) is 0 Å². The average molecular weight is 535 g/mol. The topological polar surface area (TPSA) is 78.1 Å². The van der Waals surface area contributed by atoms with E-state index < -0.39 is 18.1 Å². The van der Waals surface area contributed by atoms with Gasteiger partial charge in [0.05, 0.1) is 16.9 Å². The Morgan fingerprint density at radius 3 is 2.53 bits per heavy atom. The number of imide groups is 1. The number of nitrogens with one attached hydrogen (secondary N) is 2. The first-order chi connectivity index (χ1) is 14.4. The predicted octanol–water partition coefficient (Wildman–Crippen LogP) is 5.12. The van der Waals surface area contributed by atoms with Crippen LogP contribution in [0.3, 0.4) is 0 Å². The highest BCUT2D eigenvalue weighted by molar-refractivity contribution is 14.1. The minimum Gasteiger partial charge on any atom is -0.340 e. The molecule has 2 heterocycles. The largest absolute Gasteiger partial charge is 0.340 e. The number of carbonyl (C=O) groups is 2. The number of aromatic nitrogens is 2. The minimum absolute atomic E-state index is 0.169. The van der Waals surface area contributed by atoms with Crippen LogP contribution in [0.15, 0.2) is 54.7 Å². The van der Waals surface area contributed by atoms with E-state index in [1.165, 1.54) is 4.90 Å². The van der Waals surface area contributed by atoms with Crippen LogP contribution in [0.4, 0.5) is 4.79 Å². The molecule has 0 bridgehead atoms. The van der Waals surface area contributed by atoms with Crippen LogP contribution >= 0.6 is 34.2 Å². The maximum Gasteiger partial charge on any atom is 0.325 e. The van der Waals surface area contributed by atoms with Gasteiger partial charge < -0.3 is 10.3 Å². The molecule has 154 valence electrons. The van der Waals surface area contributed by atoms with Crippen LogP contribution in [0, 0.1) is 3.57 Å². The fraction of sp³-hybridized carbons (Fsp3) is 0.227. The van der Waals surface area contributed by atoms with Gasteiger partial charge in [-0.3, -0.25) is 9.69 Å². The summed E-state index contributed by atoms with van der Waals surface area (Å²) in [4.78, 5) is 34.6. The van der Waals surface area contributed by atoms with Gasteiger partial charge >= 0.3 is 6.03 Å². The summed E-state index contributed by atoms with van der Waals surface area (Å²) in [5.74, 6) is 0.101. The van der Waals surface area contributed by atoms with E-state index in [4.69, 9.17) is 11.6 Å². The van der Waals surface area contributed by atoms with Crippen LogP contribution in [0.2, 0.25) is 5.02 Å². The molecule has 2 N–H and O–H groups in total. The highest BCUT2D eigenvalue weighted by Gasteiger charge is 2.44. The number of amides is 3. The van der Waals surface area contributed by atoms with Gasteiger partial charge in [0.15, 0.2) is 0 Å². The first kappa shape index (κ1) is 20.9. The van der Waals surface area contributed by atoms with Crippen molar-refractivity contribution in [2.24, 2.45) is 0 Å². The first-order valence-electron chi connectivity index (χ1n) is 9.55. The third-order valence-electron chi connectivity index (χ3n) is 5.34. The Balaban J connectivity index is 1.78.